The molecule has 0 bridgehead atoms. The van der Waals surface area contributed by atoms with Gasteiger partial charge in [0.15, 0.2) is 0 Å². The van der Waals surface area contributed by atoms with Crippen LogP contribution in [0.15, 0.2) is 18.2 Å². The van der Waals surface area contributed by atoms with E-state index in [4.69, 9.17) is 0 Å². The van der Waals surface area contributed by atoms with Gasteiger partial charge in [-0.2, -0.15) is 0 Å². The molecule has 0 atom stereocenters. The van der Waals surface area contributed by atoms with Gasteiger partial charge in [-0.1, -0.05) is 6.92 Å². The van der Waals surface area contributed by atoms with Crippen LogP contribution in [0.5, 0.6) is 0 Å². The van der Waals surface area contributed by atoms with Crippen LogP contribution in [-0.2, 0) is 6.54 Å². The molecule has 1 rings (SSSR count). The second-order valence-electron chi connectivity index (χ2n) is 5.14. The molecule has 0 heterocycles. The molecule has 3 nitrogen and oxygen atoms in total. The summed E-state index contributed by atoms with van der Waals surface area (Å²) < 4.78 is 13.7. The molecule has 0 aliphatic rings. The zero-order valence-corrected chi connectivity index (χ0v) is 12.5. The minimum Gasteiger partial charge on any atom is -0.370 e. The van der Waals surface area contributed by atoms with Crippen molar-refractivity contribution in [1.29, 1.82) is 0 Å². The molecule has 0 saturated heterocycles. The molecular weight excluding hydrogens is 241 g/mol. The van der Waals surface area contributed by atoms with Crippen molar-refractivity contribution in [2.24, 2.45) is 0 Å². The molecule has 0 radical (unpaired) electrons. The van der Waals surface area contributed by atoms with Crippen molar-refractivity contribution in [2.45, 2.75) is 19.9 Å². The van der Waals surface area contributed by atoms with Gasteiger partial charge in [-0.25, -0.2) is 4.39 Å². The highest BCUT2D eigenvalue weighted by Gasteiger charge is 2.09. The number of likely N-dealkylation sites (N-methyl/N-ethyl adjacent to an activating group) is 1. The molecule has 0 aliphatic heterocycles. The first-order valence-corrected chi connectivity index (χ1v) is 6.90. The average molecular weight is 267 g/mol. The lowest BCUT2D eigenvalue weighted by molar-refractivity contribution is 0.413. The fraction of sp³-hybridized carbons (Fsp3) is 0.600. The zero-order valence-electron chi connectivity index (χ0n) is 12.5. The highest BCUT2D eigenvalue weighted by molar-refractivity contribution is 5.49. The van der Waals surface area contributed by atoms with E-state index >= 15 is 0 Å². The Balaban J connectivity index is 2.87. The fourth-order valence-electron chi connectivity index (χ4n) is 2.08. The molecule has 108 valence electrons. The SMILES string of the molecule is CCCN(CCN(C)C)c1cc(F)cc(CNC)c1. The summed E-state index contributed by atoms with van der Waals surface area (Å²) in [4.78, 5) is 4.40. The normalized spacial score (nSPS) is 11.1. The van der Waals surface area contributed by atoms with E-state index in [9.17, 15) is 4.39 Å². The third-order valence-corrected chi connectivity index (χ3v) is 3.00. The van der Waals surface area contributed by atoms with Crippen molar-refractivity contribution in [1.82, 2.24) is 10.2 Å². The van der Waals surface area contributed by atoms with Crippen LogP contribution in [-0.4, -0.2) is 45.7 Å². The predicted molar refractivity (Wildman–Crippen MR) is 80.2 cm³/mol. The lowest BCUT2D eigenvalue weighted by Crippen LogP contribution is -2.32. The van der Waals surface area contributed by atoms with Crippen LogP contribution in [0.3, 0.4) is 0 Å². The number of benzene rings is 1. The highest BCUT2D eigenvalue weighted by atomic mass is 19.1. The molecule has 1 aromatic carbocycles. The van der Waals surface area contributed by atoms with Crippen molar-refractivity contribution >= 4 is 5.69 Å². The van der Waals surface area contributed by atoms with Crippen LogP contribution in [0, 0.1) is 5.82 Å². The summed E-state index contributed by atoms with van der Waals surface area (Å²) in [6, 6.07) is 5.30. The third kappa shape index (κ3) is 5.57. The van der Waals surface area contributed by atoms with E-state index in [1.54, 1.807) is 12.1 Å². The van der Waals surface area contributed by atoms with Crippen LogP contribution in [0.25, 0.3) is 0 Å². The Morgan fingerprint density at radius 1 is 1.11 bits per heavy atom. The van der Waals surface area contributed by atoms with Gasteiger partial charge < -0.3 is 15.1 Å². The van der Waals surface area contributed by atoms with Crippen LogP contribution >= 0.6 is 0 Å². The van der Waals surface area contributed by atoms with E-state index in [2.05, 4.69) is 42.2 Å². The molecule has 1 N–H and O–H groups in total. The molecule has 0 aliphatic carbocycles. The molecule has 0 amide bonds. The van der Waals surface area contributed by atoms with E-state index in [-0.39, 0.29) is 5.82 Å². The van der Waals surface area contributed by atoms with Gasteiger partial charge in [0.2, 0.25) is 0 Å². The monoisotopic (exact) mass is 267 g/mol. The molecule has 0 fully saturated rings. The van der Waals surface area contributed by atoms with Gasteiger partial charge in [-0.05, 0) is 51.3 Å². The quantitative estimate of drug-likeness (QED) is 0.780. The Morgan fingerprint density at radius 2 is 1.84 bits per heavy atom. The standard InChI is InChI=1S/C15H26FN3/c1-5-6-19(8-7-18(3)4)15-10-13(12-17-2)9-14(16)11-15/h9-11,17H,5-8,12H2,1-4H3. The van der Waals surface area contributed by atoms with Gasteiger partial charge in [0.05, 0.1) is 0 Å². The molecule has 0 saturated carbocycles. The summed E-state index contributed by atoms with van der Waals surface area (Å²) in [5, 5.41) is 3.07. The average Bonchev–Trinajstić information content (AvgIpc) is 2.34. The number of anilines is 1. The number of nitrogens with zero attached hydrogens (tertiary/aromatic N) is 2. The summed E-state index contributed by atoms with van der Waals surface area (Å²) in [6.45, 7) is 5.69. The number of halogens is 1. The van der Waals surface area contributed by atoms with E-state index in [1.807, 2.05) is 7.05 Å². The van der Waals surface area contributed by atoms with Crippen molar-refractivity contribution in [3.05, 3.63) is 29.6 Å². The summed E-state index contributed by atoms with van der Waals surface area (Å²) in [7, 11) is 5.99. The maximum atomic E-state index is 13.7. The van der Waals surface area contributed by atoms with Gasteiger partial charge >= 0.3 is 0 Å². The predicted octanol–water partition coefficient (Wildman–Crippen LogP) is 2.32. The highest BCUT2D eigenvalue weighted by Crippen LogP contribution is 2.19. The minimum absolute atomic E-state index is 0.159. The molecule has 0 aromatic heterocycles. The van der Waals surface area contributed by atoms with Crippen molar-refractivity contribution in [2.75, 3.05) is 45.7 Å². The van der Waals surface area contributed by atoms with Gasteiger partial charge in [0.1, 0.15) is 5.82 Å². The minimum atomic E-state index is -0.159. The van der Waals surface area contributed by atoms with Crippen LogP contribution in [0.2, 0.25) is 0 Å². The van der Waals surface area contributed by atoms with Crippen molar-refractivity contribution in [3.63, 3.8) is 0 Å². The summed E-state index contributed by atoms with van der Waals surface area (Å²) in [5.41, 5.74) is 1.97. The molecular formula is C15H26FN3. The number of hydrogen-bond acceptors (Lipinski definition) is 3. The van der Waals surface area contributed by atoms with Gasteiger partial charge in [-0.3, -0.25) is 0 Å². The molecule has 0 unspecified atom stereocenters. The van der Waals surface area contributed by atoms with Crippen molar-refractivity contribution in [3.8, 4) is 0 Å². The molecule has 1 aromatic rings. The van der Waals surface area contributed by atoms with Crippen LogP contribution in [0.1, 0.15) is 18.9 Å². The number of hydrogen-bond donors (Lipinski definition) is 1. The second kappa shape index (κ2) is 8.12. The lowest BCUT2D eigenvalue weighted by atomic mass is 10.1. The largest absolute Gasteiger partial charge is 0.370 e. The van der Waals surface area contributed by atoms with Crippen molar-refractivity contribution < 1.29 is 4.39 Å². The van der Waals surface area contributed by atoms with Gasteiger partial charge in [0.25, 0.3) is 0 Å². The Labute approximate surface area is 116 Å². The molecule has 4 heteroatoms. The summed E-state index contributed by atoms with van der Waals surface area (Å²) >= 11 is 0. The first-order valence-electron chi connectivity index (χ1n) is 6.90. The fourth-order valence-corrected chi connectivity index (χ4v) is 2.08. The Kier molecular flexibility index (Phi) is 6.81. The number of rotatable bonds is 8. The lowest BCUT2D eigenvalue weighted by Gasteiger charge is -2.26. The maximum Gasteiger partial charge on any atom is 0.125 e. The van der Waals surface area contributed by atoms with Crippen LogP contribution < -0.4 is 10.2 Å². The van der Waals surface area contributed by atoms with E-state index in [0.717, 1.165) is 37.3 Å². The van der Waals surface area contributed by atoms with E-state index < -0.39 is 0 Å². The first-order chi connectivity index (χ1) is 9.06. The molecule has 19 heavy (non-hydrogen) atoms. The van der Waals surface area contributed by atoms with Crippen LogP contribution in [0.4, 0.5) is 10.1 Å². The van der Waals surface area contributed by atoms with E-state index in [0.29, 0.717) is 6.54 Å². The topological polar surface area (TPSA) is 18.5 Å². The van der Waals surface area contributed by atoms with Gasteiger partial charge in [-0.15, -0.1) is 0 Å². The first kappa shape index (κ1) is 15.9. The van der Waals surface area contributed by atoms with E-state index in [1.165, 1.54) is 0 Å². The second-order valence-corrected chi connectivity index (χ2v) is 5.14. The third-order valence-electron chi connectivity index (χ3n) is 3.00. The summed E-state index contributed by atoms with van der Waals surface area (Å²) in [5.74, 6) is -0.159. The van der Waals surface area contributed by atoms with Gasteiger partial charge in [0, 0.05) is 31.9 Å². The Morgan fingerprint density at radius 3 is 2.42 bits per heavy atom. The molecule has 0 spiro atoms. The smallest absolute Gasteiger partial charge is 0.125 e. The Hall–Kier alpha value is -1.13. The Bertz CT molecular complexity index is 380. The zero-order chi connectivity index (χ0) is 14.3. The maximum absolute atomic E-state index is 13.7. The number of nitrogens with one attached hydrogen (secondary N) is 1. The summed E-state index contributed by atoms with van der Waals surface area (Å²) in [6.07, 6.45) is 1.06.